The lowest BCUT2D eigenvalue weighted by Gasteiger charge is -2.46. The molecule has 276 valence electrons. The molecule has 16 heteroatoms. The number of amides is 1. The number of rotatable bonds is 11. The first kappa shape index (κ1) is 37.0. The molecule has 0 atom stereocenters. The van der Waals surface area contributed by atoms with Gasteiger partial charge < -0.3 is 35.0 Å². The van der Waals surface area contributed by atoms with E-state index >= 15 is 0 Å². The molecule has 3 aliphatic rings. The van der Waals surface area contributed by atoms with Crippen molar-refractivity contribution in [2.45, 2.75) is 69.4 Å². The summed E-state index contributed by atoms with van der Waals surface area (Å²) in [5, 5.41) is 4.28. The minimum atomic E-state index is -4.81. The van der Waals surface area contributed by atoms with Crippen molar-refractivity contribution in [3.05, 3.63) is 64.3 Å². The van der Waals surface area contributed by atoms with E-state index in [1.807, 2.05) is 6.07 Å². The van der Waals surface area contributed by atoms with Crippen LogP contribution in [0, 0.1) is 0 Å². The fourth-order valence-corrected chi connectivity index (χ4v) is 9.01. The zero-order valence-electron chi connectivity index (χ0n) is 29.4. The molecule has 0 unspecified atom stereocenters. The predicted octanol–water partition coefficient (Wildman–Crippen LogP) is 6.26. The largest absolute Gasteiger partial charge is 0.495 e. The average molecular weight is 732 g/mol. The lowest BCUT2D eigenvalue weighted by Crippen LogP contribution is -2.52. The van der Waals surface area contributed by atoms with E-state index in [4.69, 9.17) is 4.74 Å². The Hall–Kier alpha value is -3.75. The molecule has 1 amide bonds. The summed E-state index contributed by atoms with van der Waals surface area (Å²) < 4.78 is 60.9. The zero-order chi connectivity index (χ0) is 36.9. The maximum absolute atomic E-state index is 14.3. The lowest BCUT2D eigenvalue weighted by molar-refractivity contribution is -0.137. The fraction of sp³-hybridized carbons (Fsp3) is 0.514. The number of methoxy groups -OCH3 is 1. The van der Waals surface area contributed by atoms with Crippen molar-refractivity contribution in [1.82, 2.24) is 24.7 Å². The van der Waals surface area contributed by atoms with Crippen LogP contribution in [0.1, 0.15) is 78.1 Å². The molecule has 2 fully saturated rings. The van der Waals surface area contributed by atoms with Gasteiger partial charge in [0.05, 0.1) is 29.2 Å². The van der Waals surface area contributed by atoms with Crippen LogP contribution in [0.25, 0.3) is 0 Å². The maximum Gasteiger partial charge on any atom is 0.421 e. The monoisotopic (exact) mass is 731 g/mol. The minimum absolute atomic E-state index is 0.168. The summed E-state index contributed by atoms with van der Waals surface area (Å²) in [5.41, 5.74) is 1.98. The van der Waals surface area contributed by atoms with E-state index in [2.05, 4.69) is 37.4 Å². The highest BCUT2D eigenvalue weighted by Crippen LogP contribution is 2.61. The third kappa shape index (κ3) is 6.94. The Morgan fingerprint density at radius 3 is 2.27 bits per heavy atom. The number of halogens is 3. The number of carbonyl (C=O) groups excluding carboxylic acids is 1. The topological polar surface area (TPSA) is 143 Å². The quantitative estimate of drug-likeness (QED) is 0.166. The van der Waals surface area contributed by atoms with Gasteiger partial charge in [-0.05, 0) is 73.5 Å². The second kappa shape index (κ2) is 14.0. The molecule has 2 aromatic carbocycles. The van der Waals surface area contributed by atoms with Gasteiger partial charge in [0.25, 0.3) is 5.91 Å². The van der Waals surface area contributed by atoms with Crippen molar-refractivity contribution in [3.63, 3.8) is 0 Å². The van der Waals surface area contributed by atoms with E-state index in [1.165, 1.54) is 19.2 Å². The van der Waals surface area contributed by atoms with Gasteiger partial charge in [-0.15, -0.1) is 0 Å². The molecule has 1 aromatic heterocycles. The summed E-state index contributed by atoms with van der Waals surface area (Å²) >= 11 is 0. The molecule has 3 aromatic rings. The number of nitrogens with zero attached hydrogens (tertiary/aromatic N) is 5. The number of carbonyl (C=O) groups is 1. The van der Waals surface area contributed by atoms with Crippen LogP contribution in [-0.4, -0.2) is 93.8 Å². The first-order valence-electron chi connectivity index (χ1n) is 17.2. The SMILES string of the molecule is CCC(CC)(c1ccc(Nc2ncc(C(F)(F)F)c(Nc3ccc([C@H]4C[C@@H](N5CCN(C)CC5)C4)c4c3C(=O)N(C)C4)n2)c(OC)c1)P(=O)(O)O. The summed E-state index contributed by atoms with van der Waals surface area (Å²) in [6, 6.07) is 8.63. The van der Waals surface area contributed by atoms with E-state index < -0.39 is 30.3 Å². The number of alkyl halides is 3. The van der Waals surface area contributed by atoms with Gasteiger partial charge in [0.2, 0.25) is 5.95 Å². The molecule has 1 saturated carbocycles. The molecule has 1 saturated heterocycles. The average Bonchev–Trinajstić information content (AvgIpc) is 3.36. The smallest absolute Gasteiger partial charge is 0.421 e. The fourth-order valence-electron chi connectivity index (χ4n) is 7.71. The van der Waals surface area contributed by atoms with Crippen molar-refractivity contribution in [3.8, 4) is 5.75 Å². The third-order valence-electron chi connectivity index (χ3n) is 11.0. The Bertz CT molecular complexity index is 1840. The number of nitrogens with one attached hydrogen (secondary N) is 2. The van der Waals surface area contributed by atoms with Gasteiger partial charge in [0.15, 0.2) is 0 Å². The molecule has 4 N–H and O–H groups in total. The van der Waals surface area contributed by atoms with Gasteiger partial charge in [0, 0.05) is 52.0 Å². The normalized spacial score (nSPS) is 20.3. The van der Waals surface area contributed by atoms with Crippen molar-refractivity contribution in [2.75, 3.05) is 58.0 Å². The summed E-state index contributed by atoms with van der Waals surface area (Å²) in [5.74, 6) is -0.548. The van der Waals surface area contributed by atoms with Gasteiger partial charge >= 0.3 is 13.8 Å². The van der Waals surface area contributed by atoms with Crippen LogP contribution >= 0.6 is 7.60 Å². The number of hydrogen-bond acceptors (Lipinski definition) is 9. The number of ether oxygens (including phenoxy) is 1. The van der Waals surface area contributed by atoms with Gasteiger partial charge in [-0.3, -0.25) is 14.3 Å². The first-order valence-corrected chi connectivity index (χ1v) is 18.8. The van der Waals surface area contributed by atoms with E-state index in [0.29, 0.717) is 29.9 Å². The third-order valence-corrected chi connectivity index (χ3v) is 13.0. The van der Waals surface area contributed by atoms with Gasteiger partial charge in [0.1, 0.15) is 17.1 Å². The van der Waals surface area contributed by atoms with E-state index in [1.54, 1.807) is 37.9 Å². The summed E-state index contributed by atoms with van der Waals surface area (Å²) in [6.45, 7) is 7.88. The maximum atomic E-state index is 14.3. The van der Waals surface area contributed by atoms with Crippen LogP contribution in [0.3, 0.4) is 0 Å². The Kier molecular flexibility index (Phi) is 10.2. The standard InChI is InChI=1S/C35H45F3N7O5P/c1-6-34(7-2,51(47,48)49)22-8-10-27(29(18-22)50-5)41-33-39-19-26(35(36,37)38)31(42-33)40-28-11-9-24(25-20-44(4)32(46)30(25)28)21-16-23(17-21)45-14-12-43(3)13-15-45/h8-11,18-19,21,23H,6-7,12-17,20H2,1-5H3,(H2,47,48,49)(H2,39,40,41,42)/t21-,23+. The molecular formula is C35H45F3N7O5P. The Labute approximate surface area is 295 Å². The molecule has 0 radical (unpaired) electrons. The van der Waals surface area contributed by atoms with Crippen molar-refractivity contribution in [2.24, 2.45) is 0 Å². The molecule has 0 spiro atoms. The summed E-state index contributed by atoms with van der Waals surface area (Å²) in [6.07, 6.45) is -1.85. The molecule has 12 nitrogen and oxygen atoms in total. The molecule has 0 bridgehead atoms. The Morgan fingerprint density at radius 1 is 1.00 bits per heavy atom. The molecule has 6 rings (SSSR count). The van der Waals surface area contributed by atoms with E-state index in [9.17, 15) is 32.3 Å². The number of likely N-dealkylation sites (N-methyl/N-ethyl adjacent to an activating group) is 1. The van der Waals surface area contributed by atoms with E-state index in [0.717, 1.165) is 50.1 Å². The van der Waals surface area contributed by atoms with Gasteiger partial charge in [-0.25, -0.2) is 4.98 Å². The second-order valence-electron chi connectivity index (χ2n) is 13.8. The Morgan fingerprint density at radius 2 is 1.67 bits per heavy atom. The van der Waals surface area contributed by atoms with Crippen LogP contribution in [0.4, 0.5) is 36.3 Å². The highest BCUT2D eigenvalue weighted by molar-refractivity contribution is 7.53. The zero-order valence-corrected chi connectivity index (χ0v) is 30.3. The van der Waals surface area contributed by atoms with Crippen LogP contribution in [-0.2, 0) is 22.4 Å². The number of aromatic nitrogens is 2. The summed E-state index contributed by atoms with van der Waals surface area (Å²) in [7, 11) is 0.599. The first-order chi connectivity index (χ1) is 24.1. The molecule has 2 aliphatic heterocycles. The van der Waals surface area contributed by atoms with Crippen LogP contribution < -0.4 is 15.4 Å². The van der Waals surface area contributed by atoms with Crippen LogP contribution in [0.15, 0.2) is 36.5 Å². The number of fused-ring (bicyclic) bond motifs is 1. The van der Waals surface area contributed by atoms with Crippen molar-refractivity contribution in [1.29, 1.82) is 0 Å². The van der Waals surface area contributed by atoms with Crippen LogP contribution in [0.2, 0.25) is 0 Å². The molecule has 51 heavy (non-hydrogen) atoms. The second-order valence-corrected chi connectivity index (χ2v) is 15.7. The summed E-state index contributed by atoms with van der Waals surface area (Å²) in [4.78, 5) is 48.4. The highest BCUT2D eigenvalue weighted by atomic mass is 31.2. The molecule has 1 aliphatic carbocycles. The Balaban J connectivity index is 1.29. The molecule has 3 heterocycles. The van der Waals surface area contributed by atoms with Gasteiger partial charge in [-0.1, -0.05) is 26.0 Å². The lowest BCUT2D eigenvalue weighted by atomic mass is 9.73. The number of benzene rings is 2. The van der Waals surface area contributed by atoms with Crippen molar-refractivity contribution >= 4 is 36.6 Å². The van der Waals surface area contributed by atoms with Crippen LogP contribution in [0.5, 0.6) is 5.75 Å². The highest BCUT2D eigenvalue weighted by Gasteiger charge is 2.46. The van der Waals surface area contributed by atoms with Gasteiger partial charge in [-0.2, -0.15) is 18.2 Å². The minimum Gasteiger partial charge on any atom is -0.495 e. The predicted molar refractivity (Wildman–Crippen MR) is 188 cm³/mol. The van der Waals surface area contributed by atoms with E-state index in [-0.39, 0.29) is 47.7 Å². The number of piperazine rings is 1. The molecular weight excluding hydrogens is 686 g/mol. The van der Waals surface area contributed by atoms with Crippen molar-refractivity contribution < 1.29 is 37.1 Å². The number of anilines is 4. The number of hydrogen-bond donors (Lipinski definition) is 4.